The molecular weight excluding hydrogens is 256 g/mol. The normalized spacial score (nSPS) is 34.1. The van der Waals surface area contributed by atoms with Crippen LogP contribution in [0.25, 0.3) is 0 Å². The second kappa shape index (κ2) is 5.24. The molecule has 0 aromatic carbocycles. The van der Waals surface area contributed by atoms with Gasteiger partial charge < -0.3 is 15.3 Å². The Bertz CT molecular complexity index is 351. The molecule has 2 aliphatic rings. The van der Waals surface area contributed by atoms with E-state index in [2.05, 4.69) is 30.5 Å². The summed E-state index contributed by atoms with van der Waals surface area (Å²) in [5.74, 6) is 0.780. The van der Waals surface area contributed by atoms with Crippen LogP contribution in [-0.4, -0.2) is 33.7 Å². The standard InChI is InChI=1S/C10H18O.C2H2O6/c1-9(2)7-4-5-10(9,3)8(11)6-7;3-1(4)7-8-2(5)6/h7-8,11H,4-6H2,1-3H3;(H,3,4)(H,5,6). The topological polar surface area (TPSA) is 113 Å². The molecule has 0 aromatic heterocycles. The number of aliphatic hydroxyl groups is 1. The monoisotopic (exact) mass is 276 g/mol. The van der Waals surface area contributed by atoms with Crippen molar-refractivity contribution in [1.82, 2.24) is 0 Å². The largest absolute Gasteiger partial charge is 0.547 e. The van der Waals surface area contributed by atoms with Crippen molar-refractivity contribution in [2.24, 2.45) is 16.7 Å². The molecule has 2 saturated carbocycles. The summed E-state index contributed by atoms with van der Waals surface area (Å²) in [5, 5.41) is 24.9. The third kappa shape index (κ3) is 2.91. The van der Waals surface area contributed by atoms with Crippen molar-refractivity contribution in [2.75, 3.05) is 0 Å². The molecule has 0 amide bonds. The molecular formula is C12H20O7. The zero-order valence-electron chi connectivity index (χ0n) is 11.3. The highest BCUT2D eigenvalue weighted by atomic mass is 17.2. The molecule has 3 atom stereocenters. The van der Waals surface area contributed by atoms with Crippen molar-refractivity contribution in [3.8, 4) is 0 Å². The molecule has 110 valence electrons. The molecule has 0 heterocycles. The van der Waals surface area contributed by atoms with E-state index in [-0.39, 0.29) is 11.5 Å². The van der Waals surface area contributed by atoms with Gasteiger partial charge in [0.05, 0.1) is 6.10 Å². The Balaban J connectivity index is 0.000000203. The van der Waals surface area contributed by atoms with Crippen LogP contribution in [0.2, 0.25) is 0 Å². The minimum atomic E-state index is -1.80. The lowest BCUT2D eigenvalue weighted by Crippen LogP contribution is -2.35. The Kier molecular flexibility index (Phi) is 4.29. The van der Waals surface area contributed by atoms with Gasteiger partial charge in [0.2, 0.25) is 0 Å². The zero-order chi connectivity index (χ0) is 14.8. The number of carbonyl (C=O) groups is 2. The first-order valence-electron chi connectivity index (χ1n) is 6.09. The fourth-order valence-corrected chi connectivity index (χ4v) is 3.23. The first-order valence-corrected chi connectivity index (χ1v) is 6.09. The van der Waals surface area contributed by atoms with Crippen molar-refractivity contribution in [1.29, 1.82) is 0 Å². The molecule has 2 aliphatic carbocycles. The second-order valence-corrected chi connectivity index (χ2v) is 5.82. The summed E-state index contributed by atoms with van der Waals surface area (Å²) >= 11 is 0. The molecule has 7 heteroatoms. The first kappa shape index (κ1) is 15.6. The Morgan fingerprint density at radius 3 is 1.74 bits per heavy atom. The highest BCUT2D eigenvalue weighted by Gasteiger charge is 2.60. The summed E-state index contributed by atoms with van der Waals surface area (Å²) in [4.78, 5) is 24.8. The number of carboxylic acid groups (broad SMARTS) is 2. The van der Waals surface area contributed by atoms with E-state index in [0.717, 1.165) is 12.3 Å². The van der Waals surface area contributed by atoms with Crippen LogP contribution < -0.4 is 0 Å². The van der Waals surface area contributed by atoms with E-state index in [1.54, 1.807) is 0 Å². The fraction of sp³-hybridized carbons (Fsp3) is 0.833. The van der Waals surface area contributed by atoms with E-state index in [9.17, 15) is 14.7 Å². The molecule has 0 aromatic rings. The van der Waals surface area contributed by atoms with Gasteiger partial charge in [0.1, 0.15) is 0 Å². The summed E-state index contributed by atoms with van der Waals surface area (Å²) in [7, 11) is 0. The molecule has 0 radical (unpaired) electrons. The minimum Gasteiger partial charge on any atom is -0.447 e. The highest BCUT2D eigenvalue weighted by molar-refractivity contribution is 5.60. The van der Waals surface area contributed by atoms with Crippen LogP contribution in [0.4, 0.5) is 9.59 Å². The van der Waals surface area contributed by atoms with Gasteiger partial charge in [-0.1, -0.05) is 20.8 Å². The van der Waals surface area contributed by atoms with Crippen molar-refractivity contribution < 1.29 is 34.7 Å². The van der Waals surface area contributed by atoms with Gasteiger partial charge in [-0.2, -0.15) is 0 Å². The van der Waals surface area contributed by atoms with Crippen LogP contribution in [-0.2, 0) is 9.78 Å². The number of fused-ring (bicyclic) bond motifs is 2. The Morgan fingerprint density at radius 2 is 1.58 bits per heavy atom. The third-order valence-electron chi connectivity index (χ3n) is 4.93. The van der Waals surface area contributed by atoms with Crippen molar-refractivity contribution >= 4 is 12.3 Å². The maximum Gasteiger partial charge on any atom is 0.547 e. The summed E-state index contributed by atoms with van der Waals surface area (Å²) in [5.41, 5.74) is 0.601. The molecule has 2 bridgehead atoms. The number of hydrogen-bond acceptors (Lipinski definition) is 5. The smallest absolute Gasteiger partial charge is 0.447 e. The molecule has 7 nitrogen and oxygen atoms in total. The lowest BCUT2D eigenvalue weighted by molar-refractivity contribution is -0.208. The Hall–Kier alpha value is -1.50. The van der Waals surface area contributed by atoms with Crippen LogP contribution in [0, 0.1) is 16.7 Å². The van der Waals surface area contributed by atoms with Crippen molar-refractivity contribution in [3.63, 3.8) is 0 Å². The van der Waals surface area contributed by atoms with Gasteiger partial charge in [-0.15, -0.1) is 0 Å². The van der Waals surface area contributed by atoms with E-state index in [1.807, 2.05) is 0 Å². The maximum absolute atomic E-state index is 9.81. The van der Waals surface area contributed by atoms with E-state index < -0.39 is 12.3 Å². The van der Waals surface area contributed by atoms with E-state index in [4.69, 9.17) is 10.2 Å². The van der Waals surface area contributed by atoms with E-state index in [1.165, 1.54) is 12.8 Å². The highest BCUT2D eigenvalue weighted by Crippen LogP contribution is 2.65. The summed E-state index contributed by atoms with van der Waals surface area (Å²) < 4.78 is 0. The predicted octanol–water partition coefficient (Wildman–Crippen LogP) is 2.48. The van der Waals surface area contributed by atoms with Crippen LogP contribution in [0.15, 0.2) is 0 Å². The average Bonchev–Trinajstić information content (AvgIpc) is 2.60. The first-order chi connectivity index (χ1) is 8.61. The van der Waals surface area contributed by atoms with Gasteiger partial charge >= 0.3 is 12.3 Å². The van der Waals surface area contributed by atoms with Gasteiger partial charge in [-0.3, -0.25) is 0 Å². The summed E-state index contributed by atoms with van der Waals surface area (Å²) in [6.07, 6.45) is -0.0216. The molecule has 3 unspecified atom stereocenters. The molecule has 19 heavy (non-hydrogen) atoms. The molecule has 0 spiro atoms. The second-order valence-electron chi connectivity index (χ2n) is 5.82. The quantitative estimate of drug-likeness (QED) is 0.460. The van der Waals surface area contributed by atoms with Crippen molar-refractivity contribution in [3.05, 3.63) is 0 Å². The predicted molar refractivity (Wildman–Crippen MR) is 63.5 cm³/mol. The van der Waals surface area contributed by atoms with E-state index >= 15 is 0 Å². The van der Waals surface area contributed by atoms with Crippen LogP contribution in [0.1, 0.15) is 40.0 Å². The van der Waals surface area contributed by atoms with Crippen LogP contribution >= 0.6 is 0 Å². The van der Waals surface area contributed by atoms with Gasteiger partial charge in [-0.05, 0) is 36.0 Å². The summed E-state index contributed by atoms with van der Waals surface area (Å²) in [6, 6.07) is 0. The SMILES string of the molecule is CC1(C)C2CCC1(C)C(O)C2.O=C(O)OOC(=O)O. The van der Waals surface area contributed by atoms with Gasteiger partial charge in [0, 0.05) is 0 Å². The fourth-order valence-electron chi connectivity index (χ4n) is 3.23. The molecule has 0 saturated heterocycles. The number of aliphatic hydroxyl groups excluding tert-OH is 1. The number of rotatable bonds is 0. The maximum atomic E-state index is 9.81. The third-order valence-corrected chi connectivity index (χ3v) is 4.93. The molecule has 2 fully saturated rings. The van der Waals surface area contributed by atoms with Crippen LogP contribution in [0.5, 0.6) is 0 Å². The molecule has 0 aliphatic heterocycles. The average molecular weight is 276 g/mol. The lowest BCUT2D eigenvalue weighted by atomic mass is 9.70. The molecule has 2 rings (SSSR count). The lowest BCUT2D eigenvalue weighted by Gasteiger charge is -2.36. The Morgan fingerprint density at radius 1 is 1.11 bits per heavy atom. The summed E-state index contributed by atoms with van der Waals surface area (Å²) in [6.45, 7) is 6.90. The zero-order valence-corrected chi connectivity index (χ0v) is 11.3. The van der Waals surface area contributed by atoms with Gasteiger partial charge in [0.15, 0.2) is 0 Å². The minimum absolute atomic E-state index is 0.0313. The molecule has 3 N–H and O–H groups in total. The van der Waals surface area contributed by atoms with Gasteiger partial charge in [-0.25, -0.2) is 19.4 Å². The Labute approximate surface area is 111 Å². The number of hydrogen-bond donors (Lipinski definition) is 3. The van der Waals surface area contributed by atoms with Gasteiger partial charge in [0.25, 0.3) is 0 Å². The van der Waals surface area contributed by atoms with Crippen LogP contribution in [0.3, 0.4) is 0 Å². The van der Waals surface area contributed by atoms with Crippen molar-refractivity contribution in [2.45, 2.75) is 46.1 Å². The van der Waals surface area contributed by atoms with E-state index in [0.29, 0.717) is 5.41 Å².